The highest BCUT2D eigenvalue weighted by molar-refractivity contribution is 6.30. The molecule has 1 aromatic heterocycles. The zero-order valence-corrected chi connectivity index (χ0v) is 11.2. The number of rotatable bonds is 2. The lowest BCUT2D eigenvalue weighted by atomic mass is 10.2. The monoisotopic (exact) mass is 291 g/mol. The van der Waals surface area contributed by atoms with Crippen LogP contribution in [0, 0.1) is 11.3 Å². The van der Waals surface area contributed by atoms with E-state index in [9.17, 15) is 14.7 Å². The number of aromatic amines is 1. The number of hydrogen-bond donors (Lipinski definition) is 2. The molecule has 0 amide bonds. The van der Waals surface area contributed by atoms with Crippen LogP contribution in [0.15, 0.2) is 27.8 Å². The highest BCUT2D eigenvalue weighted by Crippen LogP contribution is 2.23. The maximum atomic E-state index is 11.9. The third-order valence-electron chi connectivity index (χ3n) is 2.85. The average Bonchev–Trinajstić information content (AvgIpc) is 2.39. The molecule has 2 rings (SSSR count). The summed E-state index contributed by atoms with van der Waals surface area (Å²) in [5, 5.41) is 19.5. The highest BCUT2D eigenvalue weighted by atomic mass is 35.5. The minimum atomic E-state index is -0.830. The molecule has 2 aromatic rings. The summed E-state index contributed by atoms with van der Waals surface area (Å²) in [5.41, 5.74) is -1.14. The molecule has 7 heteroatoms. The van der Waals surface area contributed by atoms with Crippen molar-refractivity contribution in [3.63, 3.8) is 0 Å². The molecule has 0 saturated carbocycles. The first-order chi connectivity index (χ1) is 9.49. The third-order valence-corrected chi connectivity index (χ3v) is 3.09. The molecule has 1 aromatic carbocycles. The molecule has 0 aliphatic rings. The number of nitrogens with zero attached hydrogens (tertiary/aromatic N) is 2. The normalized spacial score (nSPS) is 10.2. The van der Waals surface area contributed by atoms with Crippen molar-refractivity contribution < 1.29 is 5.11 Å². The first kappa shape index (κ1) is 13.9. The Morgan fingerprint density at radius 2 is 2.15 bits per heavy atom. The molecule has 0 unspecified atom stereocenters. The molecule has 2 N–H and O–H groups in total. The number of benzene rings is 1. The predicted octanol–water partition coefficient (Wildman–Crippen LogP) is 1.32. The van der Waals surface area contributed by atoms with Gasteiger partial charge in [0.2, 0.25) is 5.88 Å². The molecule has 1 heterocycles. The van der Waals surface area contributed by atoms with Crippen molar-refractivity contribution in [2.24, 2.45) is 0 Å². The summed E-state index contributed by atoms with van der Waals surface area (Å²) < 4.78 is 0.866. The van der Waals surface area contributed by atoms with Gasteiger partial charge < -0.3 is 5.11 Å². The van der Waals surface area contributed by atoms with Crippen LogP contribution in [0.25, 0.3) is 5.69 Å². The molecule has 0 radical (unpaired) electrons. The summed E-state index contributed by atoms with van der Waals surface area (Å²) in [4.78, 5) is 25.6. The quantitative estimate of drug-likeness (QED) is 0.871. The van der Waals surface area contributed by atoms with Crippen LogP contribution in [0.5, 0.6) is 5.88 Å². The summed E-state index contributed by atoms with van der Waals surface area (Å²) in [5.74, 6) is -0.486. The van der Waals surface area contributed by atoms with Gasteiger partial charge in [-0.05, 0) is 24.6 Å². The van der Waals surface area contributed by atoms with E-state index >= 15 is 0 Å². The Morgan fingerprint density at radius 1 is 1.45 bits per heavy atom. The summed E-state index contributed by atoms with van der Waals surface area (Å²) in [6, 6.07) is 6.21. The second-order valence-corrected chi connectivity index (χ2v) is 4.46. The van der Waals surface area contributed by atoms with Gasteiger partial charge in [0.15, 0.2) is 0 Å². The largest absolute Gasteiger partial charge is 0.494 e. The van der Waals surface area contributed by atoms with E-state index in [4.69, 9.17) is 16.9 Å². The lowest BCUT2D eigenvalue weighted by Crippen LogP contribution is -2.31. The fourth-order valence-corrected chi connectivity index (χ4v) is 2.05. The molecule has 0 fully saturated rings. The van der Waals surface area contributed by atoms with Crippen molar-refractivity contribution in [3.8, 4) is 17.6 Å². The Bertz CT molecular complexity index is 830. The van der Waals surface area contributed by atoms with E-state index < -0.39 is 17.1 Å². The van der Waals surface area contributed by atoms with Gasteiger partial charge in [0, 0.05) is 5.02 Å². The van der Waals surface area contributed by atoms with Gasteiger partial charge >= 0.3 is 5.69 Å². The van der Waals surface area contributed by atoms with E-state index in [2.05, 4.69) is 4.98 Å². The number of aromatic hydroxyl groups is 1. The summed E-state index contributed by atoms with van der Waals surface area (Å²) in [7, 11) is 0. The van der Waals surface area contributed by atoms with Gasteiger partial charge in [-0.25, -0.2) is 9.36 Å². The van der Waals surface area contributed by atoms with Gasteiger partial charge in [-0.2, -0.15) is 5.26 Å². The standard InChI is InChI=1S/C13H10ClN3O3/c1-2-9-11(18)16-13(20)17(12(9)19)10-5-8(14)4-3-7(10)6-15/h3-5,19H,2H2,1H3,(H,16,18,20). The second-order valence-electron chi connectivity index (χ2n) is 4.02. The van der Waals surface area contributed by atoms with Crippen molar-refractivity contribution in [2.45, 2.75) is 13.3 Å². The van der Waals surface area contributed by atoms with E-state index in [1.54, 1.807) is 6.92 Å². The predicted molar refractivity (Wildman–Crippen MR) is 73.4 cm³/mol. The van der Waals surface area contributed by atoms with E-state index in [-0.39, 0.29) is 23.2 Å². The van der Waals surface area contributed by atoms with Crippen LogP contribution >= 0.6 is 11.6 Å². The lowest BCUT2D eigenvalue weighted by molar-refractivity contribution is 0.423. The molecular formula is C13H10ClN3O3. The molecule has 6 nitrogen and oxygen atoms in total. The summed E-state index contributed by atoms with van der Waals surface area (Å²) in [6.07, 6.45) is 0.240. The summed E-state index contributed by atoms with van der Waals surface area (Å²) in [6.45, 7) is 1.67. The van der Waals surface area contributed by atoms with Gasteiger partial charge in [0.25, 0.3) is 5.56 Å². The van der Waals surface area contributed by atoms with Crippen LogP contribution in [0.4, 0.5) is 0 Å². The third kappa shape index (κ3) is 2.19. The van der Waals surface area contributed by atoms with Crippen molar-refractivity contribution in [3.05, 3.63) is 55.2 Å². The molecule has 0 bridgehead atoms. The zero-order valence-electron chi connectivity index (χ0n) is 10.5. The van der Waals surface area contributed by atoms with Crippen LogP contribution < -0.4 is 11.2 Å². The van der Waals surface area contributed by atoms with Gasteiger partial charge in [0.1, 0.15) is 6.07 Å². The number of nitrogens with one attached hydrogen (secondary N) is 1. The molecule has 20 heavy (non-hydrogen) atoms. The number of hydrogen-bond acceptors (Lipinski definition) is 4. The van der Waals surface area contributed by atoms with Crippen LogP contribution in [-0.4, -0.2) is 14.7 Å². The number of aromatic nitrogens is 2. The molecule has 0 saturated heterocycles. The highest BCUT2D eigenvalue weighted by Gasteiger charge is 2.16. The van der Waals surface area contributed by atoms with Gasteiger partial charge in [-0.3, -0.25) is 9.78 Å². The first-order valence-corrected chi connectivity index (χ1v) is 6.14. The van der Waals surface area contributed by atoms with Gasteiger partial charge in [-0.15, -0.1) is 0 Å². The van der Waals surface area contributed by atoms with Crippen molar-refractivity contribution >= 4 is 11.6 Å². The minimum absolute atomic E-state index is 0.0634. The number of halogens is 1. The number of H-pyrrole nitrogens is 1. The van der Waals surface area contributed by atoms with E-state index in [0.29, 0.717) is 5.02 Å². The first-order valence-electron chi connectivity index (χ1n) is 5.76. The molecule has 0 aliphatic carbocycles. The Hall–Kier alpha value is -2.52. The van der Waals surface area contributed by atoms with Gasteiger partial charge in [0.05, 0.1) is 16.8 Å². The Morgan fingerprint density at radius 3 is 2.75 bits per heavy atom. The molecular weight excluding hydrogens is 282 g/mol. The van der Waals surface area contributed by atoms with E-state index in [1.807, 2.05) is 6.07 Å². The molecule has 0 spiro atoms. The van der Waals surface area contributed by atoms with E-state index in [0.717, 1.165) is 4.57 Å². The van der Waals surface area contributed by atoms with Crippen LogP contribution in [0.3, 0.4) is 0 Å². The fourth-order valence-electron chi connectivity index (χ4n) is 1.89. The molecule has 102 valence electrons. The van der Waals surface area contributed by atoms with Crippen molar-refractivity contribution in [2.75, 3.05) is 0 Å². The smallest absolute Gasteiger partial charge is 0.335 e. The topological polar surface area (TPSA) is 98.9 Å². The van der Waals surface area contributed by atoms with Gasteiger partial charge in [-0.1, -0.05) is 18.5 Å². The zero-order chi connectivity index (χ0) is 14.9. The maximum Gasteiger partial charge on any atom is 0.335 e. The minimum Gasteiger partial charge on any atom is -0.494 e. The lowest BCUT2D eigenvalue weighted by Gasteiger charge is -2.12. The number of nitriles is 1. The van der Waals surface area contributed by atoms with Crippen molar-refractivity contribution in [1.82, 2.24) is 9.55 Å². The molecule has 0 atom stereocenters. The summed E-state index contributed by atoms with van der Waals surface area (Å²) >= 11 is 5.85. The average molecular weight is 292 g/mol. The van der Waals surface area contributed by atoms with Crippen molar-refractivity contribution in [1.29, 1.82) is 5.26 Å². The Kier molecular flexibility index (Phi) is 3.63. The van der Waals surface area contributed by atoms with Crippen LogP contribution in [0.1, 0.15) is 18.1 Å². The SMILES string of the molecule is CCc1c(O)n(-c2cc(Cl)ccc2C#N)c(=O)[nH]c1=O. The van der Waals surface area contributed by atoms with E-state index in [1.165, 1.54) is 18.2 Å². The Balaban J connectivity index is 2.91. The second kappa shape index (κ2) is 5.23. The van der Waals surface area contributed by atoms with Crippen LogP contribution in [0.2, 0.25) is 5.02 Å². The fraction of sp³-hybridized carbons (Fsp3) is 0.154. The Labute approximate surface area is 118 Å². The molecule has 0 aliphatic heterocycles. The van der Waals surface area contributed by atoms with Crippen LogP contribution in [-0.2, 0) is 6.42 Å². The maximum absolute atomic E-state index is 11.9.